The van der Waals surface area contributed by atoms with E-state index >= 15 is 0 Å². The second kappa shape index (κ2) is 6.52. The van der Waals surface area contributed by atoms with Crippen LogP contribution in [0.25, 0.3) is 0 Å². The Labute approximate surface area is 143 Å². The first-order valence-corrected chi connectivity index (χ1v) is 8.35. The number of anilines is 1. The smallest absolute Gasteiger partial charge is 0.249 e. The van der Waals surface area contributed by atoms with Crippen LogP contribution in [0.3, 0.4) is 0 Å². The van der Waals surface area contributed by atoms with Gasteiger partial charge < -0.3 is 9.80 Å². The number of hydrogen-bond acceptors (Lipinski definition) is 2. The van der Waals surface area contributed by atoms with E-state index in [1.807, 2.05) is 39.8 Å². The summed E-state index contributed by atoms with van der Waals surface area (Å²) < 4.78 is 0. The number of hydrogen-bond donors (Lipinski definition) is 0. The summed E-state index contributed by atoms with van der Waals surface area (Å²) in [6.07, 6.45) is 0.449. The molecule has 2 rings (SSSR count). The fourth-order valence-electron chi connectivity index (χ4n) is 2.93. The summed E-state index contributed by atoms with van der Waals surface area (Å²) in [5, 5.41) is 0.658. The number of halogens is 1. The maximum atomic E-state index is 12.7. The summed E-state index contributed by atoms with van der Waals surface area (Å²) in [6, 6.07) is 5.08. The first-order chi connectivity index (χ1) is 10.6. The van der Waals surface area contributed by atoms with Crippen molar-refractivity contribution in [2.24, 2.45) is 5.41 Å². The topological polar surface area (TPSA) is 40.6 Å². The van der Waals surface area contributed by atoms with Crippen molar-refractivity contribution in [3.8, 4) is 0 Å². The Morgan fingerprint density at radius 3 is 2.52 bits per heavy atom. The molecule has 0 N–H and O–H groups in total. The number of aryl methyl sites for hydroxylation is 1. The van der Waals surface area contributed by atoms with Gasteiger partial charge in [-0.1, -0.05) is 32.4 Å². The highest BCUT2D eigenvalue weighted by Gasteiger charge is 2.36. The molecule has 1 fully saturated rings. The lowest BCUT2D eigenvalue weighted by atomic mass is 9.91. The lowest BCUT2D eigenvalue weighted by Crippen LogP contribution is -2.58. The summed E-state index contributed by atoms with van der Waals surface area (Å²) in [4.78, 5) is 28.7. The van der Waals surface area contributed by atoms with E-state index in [1.165, 1.54) is 0 Å². The molecule has 126 valence electrons. The molecule has 1 aliphatic rings. The molecule has 0 saturated carbocycles. The molecule has 1 unspecified atom stereocenters. The van der Waals surface area contributed by atoms with Crippen LogP contribution in [0.4, 0.5) is 5.69 Å². The van der Waals surface area contributed by atoms with Crippen molar-refractivity contribution in [2.75, 3.05) is 18.0 Å². The number of rotatable bonds is 2. The molecule has 5 heteroatoms. The molecule has 0 spiro atoms. The van der Waals surface area contributed by atoms with Gasteiger partial charge in [0.15, 0.2) is 0 Å². The standard InChI is InChI=1S/C18H25ClN2O2/c1-12-10-14(19)6-7-15(12)21-9-8-20(13(2)17(21)23)16(22)11-18(3,4)5/h6-7,10,13H,8-9,11H2,1-5H3. The quantitative estimate of drug-likeness (QED) is 0.827. The number of nitrogens with zero attached hydrogens (tertiary/aromatic N) is 2. The van der Waals surface area contributed by atoms with E-state index in [-0.39, 0.29) is 17.2 Å². The molecule has 1 heterocycles. The molecule has 0 aliphatic carbocycles. The molecule has 0 radical (unpaired) electrons. The first-order valence-electron chi connectivity index (χ1n) is 7.97. The molecule has 0 bridgehead atoms. The average molecular weight is 337 g/mol. The fraction of sp³-hybridized carbons (Fsp3) is 0.556. The van der Waals surface area contributed by atoms with Gasteiger partial charge in [-0.2, -0.15) is 0 Å². The molecule has 23 heavy (non-hydrogen) atoms. The van der Waals surface area contributed by atoms with Gasteiger partial charge in [-0.05, 0) is 43.0 Å². The van der Waals surface area contributed by atoms with Gasteiger partial charge in [0.05, 0.1) is 0 Å². The number of carbonyl (C=O) groups excluding carboxylic acids is 2. The van der Waals surface area contributed by atoms with Crippen LogP contribution in [-0.4, -0.2) is 35.8 Å². The van der Waals surface area contributed by atoms with Crippen molar-refractivity contribution in [3.05, 3.63) is 28.8 Å². The van der Waals surface area contributed by atoms with Gasteiger partial charge in [0.2, 0.25) is 11.8 Å². The van der Waals surface area contributed by atoms with Gasteiger partial charge >= 0.3 is 0 Å². The van der Waals surface area contributed by atoms with E-state index in [9.17, 15) is 9.59 Å². The largest absolute Gasteiger partial charge is 0.329 e. The van der Waals surface area contributed by atoms with Crippen LogP contribution in [0.15, 0.2) is 18.2 Å². The summed E-state index contributed by atoms with van der Waals surface area (Å²) >= 11 is 5.99. The van der Waals surface area contributed by atoms with E-state index in [0.29, 0.717) is 24.5 Å². The Kier molecular flexibility index (Phi) is 5.04. The summed E-state index contributed by atoms with van der Waals surface area (Å²) in [6.45, 7) is 10.9. The molecule has 2 amide bonds. The molecule has 1 atom stereocenters. The zero-order valence-electron chi connectivity index (χ0n) is 14.5. The minimum absolute atomic E-state index is 0.0380. The Hall–Kier alpha value is -1.55. The molecular formula is C18H25ClN2O2. The van der Waals surface area contributed by atoms with Crippen LogP contribution >= 0.6 is 11.6 Å². The second-order valence-electron chi connectivity index (χ2n) is 7.42. The lowest BCUT2D eigenvalue weighted by molar-refractivity contribution is -0.142. The third-order valence-corrected chi connectivity index (χ3v) is 4.34. The Morgan fingerprint density at radius 1 is 1.30 bits per heavy atom. The van der Waals surface area contributed by atoms with Crippen LogP contribution < -0.4 is 4.90 Å². The van der Waals surface area contributed by atoms with Gasteiger partial charge in [0, 0.05) is 30.2 Å². The predicted molar refractivity (Wildman–Crippen MR) is 93.8 cm³/mol. The molecular weight excluding hydrogens is 312 g/mol. The highest BCUT2D eigenvalue weighted by atomic mass is 35.5. The first kappa shape index (κ1) is 17.8. The van der Waals surface area contributed by atoms with E-state index in [4.69, 9.17) is 11.6 Å². The van der Waals surface area contributed by atoms with Gasteiger partial charge in [-0.25, -0.2) is 0 Å². The third kappa shape index (κ3) is 4.05. The van der Waals surface area contributed by atoms with Crippen molar-refractivity contribution in [1.82, 2.24) is 4.90 Å². The summed E-state index contributed by atoms with van der Waals surface area (Å²) in [5.41, 5.74) is 1.76. The predicted octanol–water partition coefficient (Wildman–Crippen LogP) is 3.65. The lowest BCUT2D eigenvalue weighted by Gasteiger charge is -2.40. The maximum Gasteiger partial charge on any atom is 0.249 e. The van der Waals surface area contributed by atoms with E-state index in [0.717, 1.165) is 11.3 Å². The van der Waals surface area contributed by atoms with Crippen molar-refractivity contribution >= 4 is 29.1 Å². The maximum absolute atomic E-state index is 12.7. The SMILES string of the molecule is Cc1cc(Cl)ccc1N1CCN(C(=O)CC(C)(C)C)C(C)C1=O. The highest BCUT2D eigenvalue weighted by molar-refractivity contribution is 6.30. The molecule has 1 aromatic rings. The van der Waals surface area contributed by atoms with Crippen molar-refractivity contribution in [1.29, 1.82) is 0 Å². The average Bonchev–Trinajstić information content (AvgIpc) is 2.40. The fourth-order valence-corrected chi connectivity index (χ4v) is 3.15. The van der Waals surface area contributed by atoms with E-state index < -0.39 is 6.04 Å². The molecule has 1 aliphatic heterocycles. The molecule has 0 aromatic heterocycles. The van der Waals surface area contributed by atoms with Crippen molar-refractivity contribution < 1.29 is 9.59 Å². The van der Waals surface area contributed by atoms with Crippen LogP contribution in [0.5, 0.6) is 0 Å². The monoisotopic (exact) mass is 336 g/mol. The Morgan fingerprint density at radius 2 is 1.96 bits per heavy atom. The van der Waals surface area contributed by atoms with Crippen LogP contribution in [0.2, 0.25) is 5.02 Å². The van der Waals surface area contributed by atoms with Gasteiger partial charge in [-0.3, -0.25) is 9.59 Å². The minimum Gasteiger partial charge on any atom is -0.329 e. The van der Waals surface area contributed by atoms with Crippen molar-refractivity contribution in [2.45, 2.75) is 47.1 Å². The molecule has 4 nitrogen and oxygen atoms in total. The van der Waals surface area contributed by atoms with Crippen LogP contribution in [0, 0.1) is 12.3 Å². The highest BCUT2D eigenvalue weighted by Crippen LogP contribution is 2.28. The second-order valence-corrected chi connectivity index (χ2v) is 7.86. The normalized spacial score (nSPS) is 19.2. The Balaban J connectivity index is 2.17. The van der Waals surface area contributed by atoms with E-state index in [1.54, 1.807) is 22.8 Å². The van der Waals surface area contributed by atoms with Gasteiger partial charge in [0.25, 0.3) is 0 Å². The Bertz CT molecular complexity index is 622. The summed E-state index contributed by atoms with van der Waals surface area (Å²) in [5.74, 6) is 0.00904. The van der Waals surface area contributed by atoms with Gasteiger partial charge in [0.1, 0.15) is 6.04 Å². The number of amides is 2. The molecule has 1 saturated heterocycles. The van der Waals surface area contributed by atoms with Gasteiger partial charge in [-0.15, -0.1) is 0 Å². The number of carbonyl (C=O) groups is 2. The van der Waals surface area contributed by atoms with Crippen LogP contribution in [-0.2, 0) is 9.59 Å². The number of benzene rings is 1. The minimum atomic E-state index is -0.436. The number of piperazine rings is 1. The zero-order chi connectivity index (χ0) is 17.4. The molecule has 1 aromatic carbocycles. The third-order valence-electron chi connectivity index (χ3n) is 4.11. The summed E-state index contributed by atoms with van der Waals surface area (Å²) in [7, 11) is 0. The van der Waals surface area contributed by atoms with E-state index in [2.05, 4.69) is 0 Å². The van der Waals surface area contributed by atoms with Crippen LogP contribution in [0.1, 0.15) is 39.7 Å². The van der Waals surface area contributed by atoms with Crippen molar-refractivity contribution in [3.63, 3.8) is 0 Å². The zero-order valence-corrected chi connectivity index (χ0v) is 15.3.